The van der Waals surface area contributed by atoms with Gasteiger partial charge in [-0.15, -0.1) is 0 Å². The quantitative estimate of drug-likeness (QED) is 0.676. The number of carbonyl (C=O) groups excluding carboxylic acids is 1. The molecule has 0 aliphatic rings. The Bertz CT molecular complexity index is 914. The number of nitrogens with zero attached hydrogens (tertiary/aromatic N) is 1. The second-order valence-electron chi connectivity index (χ2n) is 5.83. The van der Waals surface area contributed by atoms with E-state index >= 15 is 0 Å². The number of sulfonamides is 1. The van der Waals surface area contributed by atoms with Gasteiger partial charge < -0.3 is 10.1 Å². The van der Waals surface area contributed by atoms with Crippen molar-refractivity contribution in [1.29, 1.82) is 0 Å². The molecule has 1 unspecified atom stereocenters. The molecule has 0 aliphatic heterocycles. The summed E-state index contributed by atoms with van der Waals surface area (Å²) in [5.74, 6) is 0.165. The number of rotatable bonds is 8. The summed E-state index contributed by atoms with van der Waals surface area (Å²) in [7, 11) is -3.70. The van der Waals surface area contributed by atoms with E-state index in [2.05, 4.69) is 11.9 Å². The third kappa shape index (κ3) is 5.74. The Labute approximate surface area is 164 Å². The Morgan fingerprint density at radius 3 is 2.52 bits per heavy atom. The first-order chi connectivity index (χ1) is 12.7. The van der Waals surface area contributed by atoms with Crippen LogP contribution in [0, 0.1) is 0 Å². The number of amides is 1. The average molecular weight is 409 g/mol. The van der Waals surface area contributed by atoms with Crippen LogP contribution in [0.3, 0.4) is 0 Å². The Morgan fingerprint density at radius 2 is 1.96 bits per heavy atom. The zero-order valence-corrected chi connectivity index (χ0v) is 16.6. The van der Waals surface area contributed by atoms with Crippen molar-refractivity contribution in [2.24, 2.45) is 0 Å². The minimum absolute atomic E-state index is 0.320. The van der Waals surface area contributed by atoms with Gasteiger partial charge in [-0.2, -0.15) is 0 Å². The van der Waals surface area contributed by atoms with Crippen molar-refractivity contribution in [3.05, 3.63) is 66.2 Å². The SMILES string of the molecule is C=CCOc1ccc(NC(=O)C(C)N(c2cccc(Cl)c2)S(C)(=O)=O)cc1. The number of nitrogens with one attached hydrogen (secondary N) is 1. The van der Waals surface area contributed by atoms with Crippen molar-refractivity contribution in [1.82, 2.24) is 0 Å². The monoisotopic (exact) mass is 408 g/mol. The van der Waals surface area contributed by atoms with Gasteiger partial charge in [0.1, 0.15) is 18.4 Å². The second-order valence-corrected chi connectivity index (χ2v) is 8.12. The zero-order valence-electron chi connectivity index (χ0n) is 15.1. The molecule has 1 amide bonds. The van der Waals surface area contributed by atoms with Gasteiger partial charge in [-0.05, 0) is 49.4 Å². The van der Waals surface area contributed by atoms with Crippen LogP contribution in [0.25, 0.3) is 0 Å². The lowest BCUT2D eigenvalue weighted by atomic mass is 10.2. The third-order valence-electron chi connectivity index (χ3n) is 3.64. The number of carbonyl (C=O) groups is 1. The number of benzene rings is 2. The van der Waals surface area contributed by atoms with Crippen molar-refractivity contribution in [3.8, 4) is 5.75 Å². The largest absolute Gasteiger partial charge is 0.490 e. The number of ether oxygens (including phenoxy) is 1. The van der Waals surface area contributed by atoms with Gasteiger partial charge >= 0.3 is 0 Å². The van der Waals surface area contributed by atoms with Crippen molar-refractivity contribution >= 4 is 38.9 Å². The molecular formula is C19H21ClN2O4S. The molecule has 0 bridgehead atoms. The highest BCUT2D eigenvalue weighted by Crippen LogP contribution is 2.25. The van der Waals surface area contributed by atoms with Crippen LogP contribution in [0.4, 0.5) is 11.4 Å². The topological polar surface area (TPSA) is 75.7 Å². The van der Waals surface area contributed by atoms with Crippen molar-refractivity contribution in [3.63, 3.8) is 0 Å². The molecule has 0 spiro atoms. The highest BCUT2D eigenvalue weighted by atomic mass is 35.5. The normalized spacial score (nSPS) is 12.1. The first-order valence-corrected chi connectivity index (χ1v) is 10.3. The van der Waals surface area contributed by atoms with Gasteiger partial charge in [-0.3, -0.25) is 9.10 Å². The molecule has 2 rings (SSSR count). The molecule has 144 valence electrons. The van der Waals surface area contributed by atoms with Crippen molar-refractivity contribution < 1.29 is 17.9 Å². The minimum Gasteiger partial charge on any atom is -0.490 e. The highest BCUT2D eigenvalue weighted by Gasteiger charge is 2.29. The fourth-order valence-corrected chi connectivity index (χ4v) is 3.81. The molecule has 2 aromatic rings. The first kappa shape index (κ1) is 20.8. The van der Waals surface area contributed by atoms with Crippen molar-refractivity contribution in [2.45, 2.75) is 13.0 Å². The van der Waals surface area contributed by atoms with Gasteiger partial charge in [-0.1, -0.05) is 30.3 Å². The van der Waals surface area contributed by atoms with Gasteiger partial charge in [0, 0.05) is 10.7 Å². The molecule has 0 aromatic heterocycles. The van der Waals surface area contributed by atoms with E-state index in [-0.39, 0.29) is 0 Å². The summed E-state index contributed by atoms with van der Waals surface area (Å²) in [6.45, 7) is 5.47. The van der Waals surface area contributed by atoms with E-state index in [0.29, 0.717) is 28.8 Å². The van der Waals surface area contributed by atoms with Crippen LogP contribution in [0.5, 0.6) is 5.75 Å². The highest BCUT2D eigenvalue weighted by molar-refractivity contribution is 7.92. The summed E-state index contributed by atoms with van der Waals surface area (Å²) in [5, 5.41) is 3.09. The maximum absolute atomic E-state index is 12.6. The summed E-state index contributed by atoms with van der Waals surface area (Å²) in [5.41, 5.74) is 0.846. The summed E-state index contributed by atoms with van der Waals surface area (Å²) in [4.78, 5) is 12.6. The lowest BCUT2D eigenvalue weighted by Crippen LogP contribution is -2.45. The Kier molecular flexibility index (Phi) is 6.87. The van der Waals surface area contributed by atoms with Crippen LogP contribution in [0.15, 0.2) is 61.2 Å². The number of hydrogen-bond acceptors (Lipinski definition) is 4. The zero-order chi connectivity index (χ0) is 20.0. The number of halogens is 1. The van der Waals surface area contributed by atoms with Gasteiger partial charge in [0.15, 0.2) is 0 Å². The van der Waals surface area contributed by atoms with E-state index < -0.39 is 22.0 Å². The molecule has 27 heavy (non-hydrogen) atoms. The summed E-state index contributed by atoms with van der Waals surface area (Å²) in [6, 6.07) is 12.1. The molecule has 0 saturated heterocycles. The van der Waals surface area contributed by atoms with Gasteiger partial charge in [0.05, 0.1) is 11.9 Å². The Morgan fingerprint density at radius 1 is 1.30 bits per heavy atom. The third-order valence-corrected chi connectivity index (χ3v) is 5.12. The summed E-state index contributed by atoms with van der Waals surface area (Å²) in [6.07, 6.45) is 2.68. The molecule has 0 radical (unpaired) electrons. The van der Waals surface area contributed by atoms with Crippen LogP contribution >= 0.6 is 11.6 Å². The summed E-state index contributed by atoms with van der Waals surface area (Å²) < 4.78 is 31.0. The smallest absolute Gasteiger partial charge is 0.247 e. The average Bonchev–Trinajstić information content (AvgIpc) is 2.60. The molecule has 2 aromatic carbocycles. The Hall–Kier alpha value is -2.51. The van der Waals surface area contributed by atoms with E-state index in [0.717, 1.165) is 10.6 Å². The lowest BCUT2D eigenvalue weighted by molar-refractivity contribution is -0.116. The molecule has 8 heteroatoms. The number of hydrogen-bond donors (Lipinski definition) is 1. The fourth-order valence-electron chi connectivity index (χ4n) is 2.46. The minimum atomic E-state index is -3.70. The molecule has 6 nitrogen and oxygen atoms in total. The molecule has 0 fully saturated rings. The second kappa shape index (κ2) is 8.92. The van der Waals surface area contributed by atoms with E-state index in [1.165, 1.54) is 13.0 Å². The van der Waals surface area contributed by atoms with Gasteiger partial charge in [-0.25, -0.2) is 8.42 Å². The first-order valence-electron chi connectivity index (χ1n) is 8.12. The maximum atomic E-state index is 12.6. The van der Waals surface area contributed by atoms with E-state index in [1.807, 2.05) is 0 Å². The maximum Gasteiger partial charge on any atom is 0.247 e. The van der Waals surface area contributed by atoms with E-state index in [4.69, 9.17) is 16.3 Å². The van der Waals surface area contributed by atoms with Crippen LogP contribution in [0.2, 0.25) is 5.02 Å². The van der Waals surface area contributed by atoms with Crippen molar-refractivity contribution in [2.75, 3.05) is 22.5 Å². The molecular weight excluding hydrogens is 388 g/mol. The fraction of sp³-hybridized carbons (Fsp3) is 0.211. The predicted octanol–water partition coefficient (Wildman–Crippen LogP) is 3.70. The molecule has 0 aliphatic carbocycles. The molecule has 1 atom stereocenters. The van der Waals surface area contributed by atoms with Crippen LogP contribution in [-0.4, -0.2) is 33.2 Å². The summed E-state index contributed by atoms with van der Waals surface area (Å²) >= 11 is 5.96. The van der Waals surface area contributed by atoms with Crippen LogP contribution in [-0.2, 0) is 14.8 Å². The Balaban J connectivity index is 2.19. The molecule has 0 saturated carbocycles. The molecule has 0 heterocycles. The van der Waals surface area contributed by atoms with Gasteiger partial charge in [0.2, 0.25) is 15.9 Å². The number of anilines is 2. The predicted molar refractivity (Wildman–Crippen MR) is 109 cm³/mol. The molecule has 1 N–H and O–H groups in total. The van der Waals surface area contributed by atoms with Gasteiger partial charge in [0.25, 0.3) is 0 Å². The van der Waals surface area contributed by atoms with E-state index in [1.54, 1.807) is 48.5 Å². The van der Waals surface area contributed by atoms with E-state index in [9.17, 15) is 13.2 Å². The standard InChI is InChI=1S/C19H21ClN2O4S/c1-4-12-26-18-10-8-16(9-11-18)21-19(23)14(2)22(27(3,24)25)17-7-5-6-15(20)13-17/h4-11,13-14H,1,12H2,2-3H3,(H,21,23). The van der Waals surface area contributed by atoms with Crippen LogP contribution in [0.1, 0.15) is 6.92 Å². The lowest BCUT2D eigenvalue weighted by Gasteiger charge is -2.28. The van der Waals surface area contributed by atoms with Crippen LogP contribution < -0.4 is 14.4 Å².